The van der Waals surface area contributed by atoms with Crippen molar-refractivity contribution in [2.75, 3.05) is 12.4 Å². The molecule has 0 bridgehead atoms. The first-order chi connectivity index (χ1) is 8.61. The van der Waals surface area contributed by atoms with Crippen molar-refractivity contribution < 1.29 is 4.74 Å². The first kappa shape index (κ1) is 13.4. The molecule has 0 aliphatic rings. The smallest absolute Gasteiger partial charge is 0.149 e. The second kappa shape index (κ2) is 5.73. The van der Waals surface area contributed by atoms with Crippen LogP contribution in [0, 0.1) is 0 Å². The summed E-state index contributed by atoms with van der Waals surface area (Å²) >= 11 is 15.1. The average molecular weight is 349 g/mol. The lowest BCUT2D eigenvalue weighted by molar-refractivity contribution is 0.415. The molecule has 0 unspecified atom stereocenters. The average Bonchev–Trinajstić information content (AvgIpc) is 2.37. The van der Waals surface area contributed by atoms with Crippen LogP contribution in [0.1, 0.15) is 0 Å². The Labute approximate surface area is 122 Å². The lowest BCUT2D eigenvalue weighted by atomic mass is 10.3. The number of methoxy groups -OCH3 is 1. The normalized spacial score (nSPS) is 10.2. The van der Waals surface area contributed by atoms with E-state index in [-0.39, 0.29) is 0 Å². The Hall–Kier alpha value is -1.04. The van der Waals surface area contributed by atoms with E-state index in [1.54, 1.807) is 19.2 Å². The Morgan fingerprint density at radius 1 is 1.28 bits per heavy atom. The van der Waals surface area contributed by atoms with Gasteiger partial charge in [0.15, 0.2) is 0 Å². The Morgan fingerprint density at radius 3 is 2.78 bits per heavy atom. The van der Waals surface area contributed by atoms with Gasteiger partial charge in [-0.05, 0) is 28.1 Å². The van der Waals surface area contributed by atoms with Gasteiger partial charge < -0.3 is 10.1 Å². The maximum atomic E-state index is 5.95. The van der Waals surface area contributed by atoms with Crippen LogP contribution in [0.3, 0.4) is 0 Å². The number of halogens is 3. The molecule has 0 atom stereocenters. The fraction of sp³-hybridized carbons (Fsp3) is 0.0909. The summed E-state index contributed by atoms with van der Waals surface area (Å²) in [5.41, 5.74) is 0.784. The molecular formula is C11H8BrCl2N3O. The third-order valence-corrected chi connectivity index (χ3v) is 3.74. The molecule has 0 saturated carbocycles. The zero-order chi connectivity index (χ0) is 13.1. The van der Waals surface area contributed by atoms with Gasteiger partial charge in [-0.2, -0.15) is 0 Å². The first-order valence-corrected chi connectivity index (χ1v) is 6.43. The van der Waals surface area contributed by atoms with Crippen LogP contribution >= 0.6 is 39.1 Å². The monoisotopic (exact) mass is 347 g/mol. The van der Waals surface area contributed by atoms with Gasteiger partial charge in [0, 0.05) is 11.8 Å². The van der Waals surface area contributed by atoms with Crippen molar-refractivity contribution in [2.45, 2.75) is 0 Å². The number of nitrogens with one attached hydrogen (secondary N) is 1. The predicted octanol–water partition coefficient (Wildman–Crippen LogP) is 4.30. The molecule has 1 aromatic heterocycles. The Bertz CT molecular complexity index is 580. The number of anilines is 2. The molecule has 2 rings (SSSR count). The number of rotatable bonds is 3. The third-order valence-electron chi connectivity index (χ3n) is 2.16. The number of nitrogens with zero attached hydrogens (tertiary/aromatic N) is 2. The number of hydrogen-bond donors (Lipinski definition) is 1. The van der Waals surface area contributed by atoms with Crippen LogP contribution < -0.4 is 10.1 Å². The van der Waals surface area contributed by atoms with E-state index >= 15 is 0 Å². The van der Waals surface area contributed by atoms with Gasteiger partial charge in [-0.15, -0.1) is 0 Å². The quantitative estimate of drug-likeness (QED) is 0.840. The van der Waals surface area contributed by atoms with Crippen LogP contribution in [0.2, 0.25) is 10.2 Å². The molecule has 0 spiro atoms. The zero-order valence-corrected chi connectivity index (χ0v) is 12.3. The summed E-state index contributed by atoms with van der Waals surface area (Å²) in [6.45, 7) is 0. The number of benzene rings is 1. The molecule has 7 heteroatoms. The van der Waals surface area contributed by atoms with Gasteiger partial charge in [-0.25, -0.2) is 9.97 Å². The minimum absolute atomic E-state index is 0.341. The van der Waals surface area contributed by atoms with Crippen LogP contribution in [0.15, 0.2) is 29.0 Å². The largest absolute Gasteiger partial charge is 0.495 e. The summed E-state index contributed by atoms with van der Waals surface area (Å²) in [7, 11) is 1.56. The molecule has 1 N–H and O–H groups in total. The molecule has 1 aromatic carbocycles. The van der Waals surface area contributed by atoms with Gasteiger partial charge in [0.25, 0.3) is 0 Å². The molecule has 0 fully saturated rings. The van der Waals surface area contributed by atoms with Gasteiger partial charge in [-0.3, -0.25) is 0 Å². The van der Waals surface area contributed by atoms with Crippen molar-refractivity contribution in [3.63, 3.8) is 0 Å². The highest BCUT2D eigenvalue weighted by Gasteiger charge is 2.08. The van der Waals surface area contributed by atoms with Crippen molar-refractivity contribution in [1.82, 2.24) is 9.97 Å². The van der Waals surface area contributed by atoms with Gasteiger partial charge in [-0.1, -0.05) is 23.2 Å². The van der Waals surface area contributed by atoms with Crippen LogP contribution in [0.25, 0.3) is 0 Å². The van der Waals surface area contributed by atoms with E-state index in [9.17, 15) is 0 Å². The highest BCUT2D eigenvalue weighted by Crippen LogP contribution is 2.32. The van der Waals surface area contributed by atoms with Crippen molar-refractivity contribution in [3.05, 3.63) is 39.2 Å². The molecule has 2 aromatic rings. The van der Waals surface area contributed by atoms with Gasteiger partial charge in [0.05, 0.1) is 16.6 Å². The molecular weight excluding hydrogens is 341 g/mol. The van der Waals surface area contributed by atoms with Gasteiger partial charge in [0.1, 0.15) is 23.0 Å². The topological polar surface area (TPSA) is 47.0 Å². The third kappa shape index (κ3) is 2.85. The predicted molar refractivity (Wildman–Crippen MR) is 76.0 cm³/mol. The second-order valence-corrected chi connectivity index (χ2v) is 4.86. The number of hydrogen-bond acceptors (Lipinski definition) is 4. The molecule has 0 aliphatic heterocycles. The highest BCUT2D eigenvalue weighted by atomic mass is 79.9. The van der Waals surface area contributed by atoms with Crippen LogP contribution in [0.5, 0.6) is 5.75 Å². The van der Waals surface area contributed by atoms with E-state index in [4.69, 9.17) is 27.9 Å². The highest BCUT2D eigenvalue weighted by molar-refractivity contribution is 9.10. The molecule has 0 amide bonds. The van der Waals surface area contributed by atoms with Gasteiger partial charge >= 0.3 is 0 Å². The minimum Gasteiger partial charge on any atom is -0.495 e. The van der Waals surface area contributed by atoms with Crippen LogP contribution in [-0.2, 0) is 0 Å². The second-order valence-electron chi connectivity index (χ2n) is 3.30. The summed E-state index contributed by atoms with van der Waals surface area (Å²) < 4.78 is 5.73. The van der Waals surface area contributed by atoms with Crippen molar-refractivity contribution >= 4 is 50.6 Å². The van der Waals surface area contributed by atoms with Crippen LogP contribution in [-0.4, -0.2) is 17.1 Å². The SMILES string of the molecule is COc1cc(Nc2ncnc(Cl)c2Br)ccc1Cl. The molecule has 94 valence electrons. The molecule has 1 heterocycles. The Morgan fingerprint density at radius 2 is 2.06 bits per heavy atom. The van der Waals surface area contributed by atoms with E-state index in [0.29, 0.717) is 26.2 Å². The number of aromatic nitrogens is 2. The maximum absolute atomic E-state index is 5.95. The molecule has 4 nitrogen and oxygen atoms in total. The molecule has 0 aliphatic carbocycles. The summed E-state index contributed by atoms with van der Waals surface area (Å²) in [6.07, 6.45) is 1.38. The van der Waals surface area contributed by atoms with E-state index < -0.39 is 0 Å². The number of ether oxygens (including phenoxy) is 1. The molecule has 18 heavy (non-hydrogen) atoms. The summed E-state index contributed by atoms with van der Waals surface area (Å²) in [6, 6.07) is 5.32. The van der Waals surface area contributed by atoms with Crippen molar-refractivity contribution in [3.8, 4) is 5.75 Å². The zero-order valence-electron chi connectivity index (χ0n) is 9.25. The minimum atomic E-state index is 0.341. The fourth-order valence-corrected chi connectivity index (χ4v) is 1.94. The Kier molecular flexibility index (Phi) is 4.27. The summed E-state index contributed by atoms with van der Waals surface area (Å²) in [4.78, 5) is 7.94. The van der Waals surface area contributed by atoms with E-state index in [1.165, 1.54) is 6.33 Å². The van der Waals surface area contributed by atoms with Crippen LogP contribution in [0.4, 0.5) is 11.5 Å². The summed E-state index contributed by atoms with van der Waals surface area (Å²) in [5, 5.41) is 3.98. The summed E-state index contributed by atoms with van der Waals surface area (Å²) in [5.74, 6) is 1.15. The lowest BCUT2D eigenvalue weighted by Gasteiger charge is -2.10. The van der Waals surface area contributed by atoms with E-state index in [2.05, 4.69) is 31.2 Å². The van der Waals surface area contributed by atoms with Crippen molar-refractivity contribution in [2.24, 2.45) is 0 Å². The van der Waals surface area contributed by atoms with Crippen molar-refractivity contribution in [1.29, 1.82) is 0 Å². The van der Waals surface area contributed by atoms with E-state index in [0.717, 1.165) is 5.69 Å². The fourth-order valence-electron chi connectivity index (χ4n) is 1.31. The van der Waals surface area contributed by atoms with E-state index in [1.807, 2.05) is 6.07 Å². The maximum Gasteiger partial charge on any atom is 0.149 e. The molecule has 0 saturated heterocycles. The molecule has 0 radical (unpaired) electrons. The Balaban J connectivity index is 2.31. The first-order valence-electron chi connectivity index (χ1n) is 4.88. The standard InChI is InChI=1S/C11H8BrCl2N3O/c1-18-8-4-6(2-3-7(8)13)17-11-9(12)10(14)15-5-16-11/h2-5H,1H3,(H,15,16,17). The lowest BCUT2D eigenvalue weighted by Crippen LogP contribution is -1.97. The van der Waals surface area contributed by atoms with Gasteiger partial charge in [0.2, 0.25) is 0 Å².